The molecule has 3 aromatic rings. The van der Waals surface area contributed by atoms with E-state index in [0.29, 0.717) is 23.7 Å². The van der Waals surface area contributed by atoms with Crippen molar-refractivity contribution in [1.82, 2.24) is 15.1 Å². The highest BCUT2D eigenvalue weighted by Crippen LogP contribution is 2.23. The third-order valence-electron chi connectivity index (χ3n) is 4.81. The van der Waals surface area contributed by atoms with Crippen LogP contribution in [0.3, 0.4) is 0 Å². The minimum Gasteiger partial charge on any atom is -0.489 e. The van der Waals surface area contributed by atoms with Crippen molar-refractivity contribution in [2.24, 2.45) is 7.05 Å². The van der Waals surface area contributed by atoms with Gasteiger partial charge in [-0.15, -0.1) is 0 Å². The Hall–Kier alpha value is -2.79. The topological polar surface area (TPSA) is 56.1 Å². The van der Waals surface area contributed by atoms with Gasteiger partial charge in [0.1, 0.15) is 12.4 Å². The minimum atomic E-state index is -0.118. The van der Waals surface area contributed by atoms with E-state index < -0.39 is 0 Å². The van der Waals surface area contributed by atoms with Gasteiger partial charge in [0.15, 0.2) is 0 Å². The number of benzene rings is 2. The van der Waals surface area contributed by atoms with Crippen LogP contribution in [0.4, 0.5) is 0 Å². The van der Waals surface area contributed by atoms with Crippen LogP contribution in [0.15, 0.2) is 42.5 Å². The second-order valence-electron chi connectivity index (χ2n) is 6.85. The number of ether oxygens (including phenoxy) is 1. The minimum absolute atomic E-state index is 0.118. The van der Waals surface area contributed by atoms with Crippen LogP contribution in [-0.2, 0) is 20.2 Å². The molecule has 1 heterocycles. The van der Waals surface area contributed by atoms with Crippen LogP contribution in [0.1, 0.15) is 38.4 Å². The van der Waals surface area contributed by atoms with Crippen molar-refractivity contribution in [3.8, 4) is 5.75 Å². The lowest BCUT2D eigenvalue weighted by Crippen LogP contribution is -2.23. The van der Waals surface area contributed by atoms with E-state index in [-0.39, 0.29) is 5.91 Å². The summed E-state index contributed by atoms with van der Waals surface area (Å²) >= 11 is 5.98. The summed E-state index contributed by atoms with van der Waals surface area (Å²) in [6.45, 7) is 6.73. The molecule has 0 aliphatic heterocycles. The molecular weight excluding hydrogens is 374 g/mol. The molecule has 6 heteroatoms. The molecule has 0 aliphatic carbocycles. The Morgan fingerprint density at radius 1 is 1.18 bits per heavy atom. The van der Waals surface area contributed by atoms with Gasteiger partial charge in [0.25, 0.3) is 5.91 Å². The van der Waals surface area contributed by atoms with E-state index in [9.17, 15) is 4.79 Å². The summed E-state index contributed by atoms with van der Waals surface area (Å²) in [5.41, 5.74) is 5.54. The van der Waals surface area contributed by atoms with Gasteiger partial charge in [0.2, 0.25) is 0 Å². The lowest BCUT2D eigenvalue weighted by atomic mass is 10.1. The molecule has 0 atom stereocenters. The van der Waals surface area contributed by atoms with Crippen LogP contribution < -0.4 is 10.1 Å². The second-order valence-corrected chi connectivity index (χ2v) is 7.29. The molecule has 0 saturated heterocycles. The van der Waals surface area contributed by atoms with Crippen LogP contribution in [0, 0.1) is 20.8 Å². The maximum Gasteiger partial charge on any atom is 0.251 e. The van der Waals surface area contributed by atoms with E-state index in [2.05, 4.69) is 10.4 Å². The quantitative estimate of drug-likeness (QED) is 0.665. The van der Waals surface area contributed by atoms with Crippen molar-refractivity contribution in [2.45, 2.75) is 33.9 Å². The molecule has 0 spiro atoms. The molecule has 0 saturated carbocycles. The Kier molecular flexibility index (Phi) is 6.05. The van der Waals surface area contributed by atoms with Crippen molar-refractivity contribution in [2.75, 3.05) is 0 Å². The van der Waals surface area contributed by atoms with E-state index in [4.69, 9.17) is 16.3 Å². The highest BCUT2D eigenvalue weighted by molar-refractivity contribution is 6.30. The third-order valence-corrected chi connectivity index (χ3v) is 5.04. The zero-order chi connectivity index (χ0) is 20.3. The number of aryl methyl sites for hydroxylation is 3. The molecule has 2 aromatic carbocycles. The van der Waals surface area contributed by atoms with Crippen LogP contribution in [0.2, 0.25) is 5.02 Å². The van der Waals surface area contributed by atoms with E-state index in [0.717, 1.165) is 33.8 Å². The number of aromatic nitrogens is 2. The smallest absolute Gasteiger partial charge is 0.251 e. The van der Waals surface area contributed by atoms with E-state index in [1.54, 1.807) is 12.1 Å². The van der Waals surface area contributed by atoms with Crippen LogP contribution in [0.5, 0.6) is 5.75 Å². The first-order chi connectivity index (χ1) is 13.3. The number of nitrogens with one attached hydrogen (secondary N) is 1. The Bertz CT molecular complexity index is 1010. The van der Waals surface area contributed by atoms with Gasteiger partial charge in [-0.1, -0.05) is 23.7 Å². The average molecular weight is 398 g/mol. The van der Waals surface area contributed by atoms with Gasteiger partial charge in [-0.3, -0.25) is 9.48 Å². The highest BCUT2D eigenvalue weighted by atomic mass is 35.5. The Morgan fingerprint density at radius 2 is 1.96 bits per heavy atom. The number of hydrogen-bond donors (Lipinski definition) is 1. The van der Waals surface area contributed by atoms with Crippen molar-refractivity contribution >= 4 is 17.5 Å². The molecule has 0 bridgehead atoms. The number of carbonyl (C=O) groups is 1. The first kappa shape index (κ1) is 20.0. The monoisotopic (exact) mass is 397 g/mol. The van der Waals surface area contributed by atoms with Crippen molar-refractivity contribution in [3.05, 3.63) is 81.1 Å². The van der Waals surface area contributed by atoms with E-state index in [1.165, 1.54) is 0 Å². The first-order valence-electron chi connectivity index (χ1n) is 9.10. The fourth-order valence-corrected chi connectivity index (χ4v) is 3.31. The molecular formula is C22H24ClN3O2. The lowest BCUT2D eigenvalue weighted by molar-refractivity contribution is 0.0950. The molecule has 0 fully saturated rings. The molecule has 5 nitrogen and oxygen atoms in total. The normalized spacial score (nSPS) is 10.8. The van der Waals surface area contributed by atoms with Crippen LogP contribution in [0.25, 0.3) is 0 Å². The van der Waals surface area contributed by atoms with Gasteiger partial charge in [0.05, 0.1) is 5.69 Å². The van der Waals surface area contributed by atoms with Crippen molar-refractivity contribution in [3.63, 3.8) is 0 Å². The van der Waals surface area contributed by atoms with Gasteiger partial charge in [-0.05, 0) is 62.2 Å². The second kappa shape index (κ2) is 8.48. The summed E-state index contributed by atoms with van der Waals surface area (Å²) in [6.07, 6.45) is 0. The van der Waals surface area contributed by atoms with Gasteiger partial charge >= 0.3 is 0 Å². The Labute approximate surface area is 170 Å². The molecule has 0 radical (unpaired) electrons. The summed E-state index contributed by atoms with van der Waals surface area (Å²) in [5.74, 6) is 0.661. The molecule has 1 aromatic heterocycles. The van der Waals surface area contributed by atoms with Gasteiger partial charge < -0.3 is 10.1 Å². The predicted octanol–water partition coefficient (Wildman–Crippen LogP) is 4.51. The number of halogens is 1. The summed E-state index contributed by atoms with van der Waals surface area (Å²) in [4.78, 5) is 12.6. The van der Waals surface area contributed by atoms with Crippen molar-refractivity contribution in [1.29, 1.82) is 0 Å². The fraction of sp³-hybridized carbons (Fsp3) is 0.273. The molecule has 1 N–H and O–H groups in total. The molecule has 146 valence electrons. The van der Waals surface area contributed by atoms with Gasteiger partial charge in [-0.25, -0.2) is 0 Å². The largest absolute Gasteiger partial charge is 0.489 e. The summed E-state index contributed by atoms with van der Waals surface area (Å²) < 4.78 is 7.70. The maximum atomic E-state index is 12.6. The summed E-state index contributed by atoms with van der Waals surface area (Å²) in [5, 5.41) is 8.04. The number of hydrogen-bond acceptors (Lipinski definition) is 3. The predicted molar refractivity (Wildman–Crippen MR) is 111 cm³/mol. The molecule has 28 heavy (non-hydrogen) atoms. The zero-order valence-corrected chi connectivity index (χ0v) is 17.3. The zero-order valence-electron chi connectivity index (χ0n) is 16.5. The number of carbonyl (C=O) groups excluding carboxylic acids is 1. The standard InChI is InChI=1S/C22H24ClN3O2/c1-14-10-19(23)8-9-21(14)28-13-17-6-5-7-18(11-17)22(27)24-12-20-15(2)25-26(4)16(20)3/h5-11H,12-13H2,1-4H3,(H,24,27). The number of nitrogens with zero attached hydrogens (tertiary/aromatic N) is 2. The summed E-state index contributed by atoms with van der Waals surface area (Å²) in [6, 6.07) is 13.0. The van der Waals surface area contributed by atoms with Crippen molar-refractivity contribution < 1.29 is 9.53 Å². The molecule has 0 unspecified atom stereocenters. The molecule has 0 aliphatic rings. The Morgan fingerprint density at radius 3 is 2.64 bits per heavy atom. The van der Waals surface area contributed by atoms with Crippen LogP contribution >= 0.6 is 11.6 Å². The van der Waals surface area contributed by atoms with Crippen LogP contribution in [-0.4, -0.2) is 15.7 Å². The highest BCUT2D eigenvalue weighted by Gasteiger charge is 2.12. The lowest BCUT2D eigenvalue weighted by Gasteiger charge is -2.11. The maximum absolute atomic E-state index is 12.6. The van der Waals surface area contributed by atoms with E-state index >= 15 is 0 Å². The molecule has 3 rings (SSSR count). The number of rotatable bonds is 6. The molecule has 1 amide bonds. The van der Waals surface area contributed by atoms with Gasteiger partial charge in [0, 0.05) is 35.4 Å². The average Bonchev–Trinajstić information content (AvgIpc) is 2.91. The first-order valence-corrected chi connectivity index (χ1v) is 9.48. The fourth-order valence-electron chi connectivity index (χ4n) is 3.08. The number of amides is 1. The Balaban J connectivity index is 1.64. The van der Waals surface area contributed by atoms with Gasteiger partial charge in [-0.2, -0.15) is 5.10 Å². The SMILES string of the molecule is Cc1cc(Cl)ccc1OCc1cccc(C(=O)NCc2c(C)nn(C)c2C)c1. The summed E-state index contributed by atoms with van der Waals surface area (Å²) in [7, 11) is 1.90. The van der Waals surface area contributed by atoms with E-state index in [1.807, 2.05) is 62.8 Å². The third kappa shape index (κ3) is 4.54.